The fourth-order valence-corrected chi connectivity index (χ4v) is 16.3. The van der Waals surface area contributed by atoms with Gasteiger partial charge < -0.3 is 18.3 Å². The first-order valence-corrected chi connectivity index (χ1v) is 37.1. The third-order valence-corrected chi connectivity index (χ3v) is 21.3. The zero-order valence-corrected chi connectivity index (χ0v) is 59.4. The summed E-state index contributed by atoms with van der Waals surface area (Å²) in [6.07, 6.45) is 0. The van der Waals surface area contributed by atoms with Crippen LogP contribution in [0.3, 0.4) is 0 Å². The zero-order chi connectivity index (χ0) is 72.6. The van der Waals surface area contributed by atoms with E-state index >= 15 is 0 Å². The predicted octanol–water partition coefficient (Wildman–Crippen LogP) is 25.0. The second-order valence-corrected chi connectivity index (χ2v) is 27.7. The van der Waals surface area contributed by atoms with Crippen molar-refractivity contribution < 1.29 is 0 Å². The molecular weight excluding hydrogens is 1340 g/mol. The monoisotopic (exact) mass is 1400 g/mol. The third kappa shape index (κ3) is 10.9. The molecule has 0 saturated heterocycles. The average Bonchev–Trinajstić information content (AvgIpc) is 1.55. The maximum atomic E-state index is 5.09. The summed E-state index contributed by atoms with van der Waals surface area (Å²) < 4.78 is 9.53. The van der Waals surface area contributed by atoms with Crippen LogP contribution in [0, 0.1) is 0 Å². The molecule has 22 aromatic rings. The normalized spacial score (nSPS) is 11.6. The van der Waals surface area contributed by atoms with Crippen molar-refractivity contribution in [3.63, 3.8) is 0 Å². The average molecular weight is 1410 g/mol. The van der Waals surface area contributed by atoms with Gasteiger partial charge in [-0.05, 0) is 155 Å². The molecule has 16 aromatic carbocycles. The molecule has 10 heteroatoms. The number of hydrogen-bond donors (Lipinski definition) is 0. The van der Waals surface area contributed by atoms with Gasteiger partial charge in [-0.1, -0.05) is 255 Å². The minimum Gasteiger partial charge on any atom is -0.309 e. The molecule has 0 aliphatic rings. The molecule has 0 saturated carbocycles. The van der Waals surface area contributed by atoms with Gasteiger partial charge in [-0.2, -0.15) is 0 Å². The van der Waals surface area contributed by atoms with E-state index in [0.717, 1.165) is 94.7 Å². The molecule has 0 N–H and O–H groups in total. The summed E-state index contributed by atoms with van der Waals surface area (Å²) in [4.78, 5) is 30.2. The van der Waals surface area contributed by atoms with Crippen LogP contribution >= 0.6 is 0 Å². The summed E-state index contributed by atoms with van der Waals surface area (Å²) in [7, 11) is 0. The topological polar surface area (TPSA) is 97.1 Å². The van der Waals surface area contributed by atoms with Crippen LogP contribution < -0.4 is 0 Å². The Morgan fingerprint density at radius 3 is 0.773 bits per heavy atom. The molecule has 0 atom stereocenters. The maximum Gasteiger partial charge on any atom is 0.164 e. The number of benzene rings is 16. The van der Waals surface area contributed by atoms with Crippen LogP contribution in [0.25, 0.3) is 200 Å². The number of fused-ring (bicyclic) bond motifs is 15. The van der Waals surface area contributed by atoms with E-state index < -0.39 is 0 Å². The van der Waals surface area contributed by atoms with E-state index in [1.807, 2.05) is 66.7 Å². The van der Waals surface area contributed by atoms with Crippen molar-refractivity contribution in [3.05, 3.63) is 388 Å². The second kappa shape index (κ2) is 26.5. The molecule has 0 unspecified atom stereocenters. The highest BCUT2D eigenvalue weighted by Crippen LogP contribution is 2.45. The van der Waals surface area contributed by atoms with E-state index in [0.29, 0.717) is 34.9 Å². The zero-order valence-electron chi connectivity index (χ0n) is 59.4. The Balaban J connectivity index is 0.000000140. The van der Waals surface area contributed by atoms with Gasteiger partial charge in [-0.15, -0.1) is 0 Å². The lowest BCUT2D eigenvalue weighted by atomic mass is 10.0. The molecule has 514 valence electrons. The van der Waals surface area contributed by atoms with Crippen molar-refractivity contribution in [1.82, 2.24) is 48.2 Å². The molecule has 0 spiro atoms. The van der Waals surface area contributed by atoms with Crippen molar-refractivity contribution in [3.8, 4) is 102 Å². The molecule has 0 aliphatic heterocycles. The second-order valence-electron chi connectivity index (χ2n) is 27.7. The number of nitrogens with zero attached hydrogens (tertiary/aromatic N) is 10. The quantitative estimate of drug-likeness (QED) is 0.128. The maximum absolute atomic E-state index is 5.09. The standard InChI is InChI=1S/C51H33N5.C49H31N5/c1-4-15-34(16-5-1)37-19-14-20-38(33-37)51-53-49(35-17-6-2-7-18-35)52-50(54-51)36-27-29-40(30-28-36)56-44-26-13-11-24-42(44)48-46(56)32-31-45-47(48)41-23-10-12-25-43(41)55(45)39-21-8-3-9-22-39;1-3-14-33(15-4-1)47-50-48(52-49(51-47)36-24-23-32-13-7-8-16-35(32)31-36)34-25-27-38(28-26-34)54-42-22-12-10-20-40(42)46-44(54)30-29-43-45(46)39-19-9-11-21-41(39)53(43)37-17-5-2-6-18-37/h1-33H;1-31H. The van der Waals surface area contributed by atoms with E-state index in [1.165, 1.54) is 70.5 Å². The summed E-state index contributed by atoms with van der Waals surface area (Å²) in [6, 6.07) is 136. The Morgan fingerprint density at radius 1 is 0.145 bits per heavy atom. The summed E-state index contributed by atoms with van der Waals surface area (Å²) in [5.41, 5.74) is 21.8. The Kier molecular flexibility index (Phi) is 15.3. The van der Waals surface area contributed by atoms with Gasteiger partial charge in [0.25, 0.3) is 0 Å². The third-order valence-electron chi connectivity index (χ3n) is 21.3. The molecule has 10 nitrogen and oxygen atoms in total. The van der Waals surface area contributed by atoms with Crippen LogP contribution in [0.15, 0.2) is 388 Å². The summed E-state index contributed by atoms with van der Waals surface area (Å²) in [5.74, 6) is 3.83. The van der Waals surface area contributed by atoms with Crippen LogP contribution in [-0.2, 0) is 0 Å². The first kappa shape index (κ1) is 63.5. The van der Waals surface area contributed by atoms with Crippen molar-refractivity contribution in [2.75, 3.05) is 0 Å². The minimum absolute atomic E-state index is 0.628. The van der Waals surface area contributed by atoms with Gasteiger partial charge in [0.2, 0.25) is 0 Å². The largest absolute Gasteiger partial charge is 0.309 e. The van der Waals surface area contributed by atoms with Crippen LogP contribution in [0.5, 0.6) is 0 Å². The van der Waals surface area contributed by atoms with Crippen LogP contribution in [0.4, 0.5) is 0 Å². The lowest BCUT2D eigenvalue weighted by Crippen LogP contribution is -2.00. The molecule has 110 heavy (non-hydrogen) atoms. The highest BCUT2D eigenvalue weighted by atomic mass is 15.1. The molecule has 0 aliphatic carbocycles. The molecule has 0 radical (unpaired) electrons. The first-order chi connectivity index (χ1) is 54.6. The molecule has 6 heterocycles. The smallest absolute Gasteiger partial charge is 0.164 e. The van der Waals surface area contributed by atoms with Crippen LogP contribution in [0.1, 0.15) is 0 Å². The molecule has 0 amide bonds. The highest BCUT2D eigenvalue weighted by molar-refractivity contribution is 6.30. The minimum atomic E-state index is 0.628. The van der Waals surface area contributed by atoms with Gasteiger partial charge in [0.05, 0.1) is 44.1 Å². The number of hydrogen-bond acceptors (Lipinski definition) is 6. The molecule has 22 rings (SSSR count). The highest BCUT2D eigenvalue weighted by Gasteiger charge is 2.24. The van der Waals surface area contributed by atoms with E-state index in [2.05, 4.69) is 340 Å². The van der Waals surface area contributed by atoms with E-state index in [9.17, 15) is 0 Å². The van der Waals surface area contributed by atoms with Crippen molar-refractivity contribution in [2.45, 2.75) is 0 Å². The van der Waals surface area contributed by atoms with Gasteiger partial charge >= 0.3 is 0 Å². The van der Waals surface area contributed by atoms with E-state index in [4.69, 9.17) is 29.9 Å². The van der Waals surface area contributed by atoms with Crippen LogP contribution in [0.2, 0.25) is 0 Å². The summed E-state index contributed by atoms with van der Waals surface area (Å²) >= 11 is 0. The van der Waals surface area contributed by atoms with Gasteiger partial charge in [0, 0.05) is 99.2 Å². The van der Waals surface area contributed by atoms with Gasteiger partial charge in [-0.25, -0.2) is 29.9 Å². The van der Waals surface area contributed by atoms with Crippen LogP contribution in [-0.4, -0.2) is 48.2 Å². The predicted molar refractivity (Wildman–Crippen MR) is 453 cm³/mol. The Morgan fingerprint density at radius 2 is 0.400 bits per heavy atom. The van der Waals surface area contributed by atoms with Crippen molar-refractivity contribution in [1.29, 1.82) is 0 Å². The molecule has 6 aromatic heterocycles. The SMILES string of the molecule is c1ccc(-c2cccc(-c3nc(-c4ccccc4)nc(-c4ccc(-n5c6ccccc6c6c7c8ccccc8n(-c8ccccc8)c7ccc65)cc4)n3)c2)cc1.c1ccc(-c2nc(-c3ccc(-n4c5ccccc5c5c6c7ccccc7n(-c7ccccc7)c6ccc54)cc3)nc(-c3ccc4ccccc4c3)n2)cc1. The van der Waals surface area contributed by atoms with Crippen molar-refractivity contribution in [2.24, 2.45) is 0 Å². The molecular formula is C100H64N10. The fraction of sp³-hybridized carbons (Fsp3) is 0. The lowest BCUT2D eigenvalue weighted by molar-refractivity contribution is 1.07. The Hall–Kier alpha value is -15.0. The number of para-hydroxylation sites is 6. The fourth-order valence-electron chi connectivity index (χ4n) is 16.3. The van der Waals surface area contributed by atoms with E-state index in [1.54, 1.807) is 0 Å². The summed E-state index contributed by atoms with van der Waals surface area (Å²) in [6.45, 7) is 0. The van der Waals surface area contributed by atoms with Crippen molar-refractivity contribution >= 4 is 98.0 Å². The van der Waals surface area contributed by atoms with Gasteiger partial charge in [0.15, 0.2) is 34.9 Å². The van der Waals surface area contributed by atoms with E-state index in [-0.39, 0.29) is 0 Å². The number of aromatic nitrogens is 10. The molecule has 0 fully saturated rings. The Bertz CT molecular complexity index is 7290. The lowest BCUT2D eigenvalue weighted by Gasteiger charge is -2.11. The molecule has 0 bridgehead atoms. The first-order valence-electron chi connectivity index (χ1n) is 37.1. The van der Waals surface area contributed by atoms with Gasteiger partial charge in [0.1, 0.15) is 0 Å². The number of rotatable bonds is 11. The Labute approximate surface area is 632 Å². The summed E-state index contributed by atoms with van der Waals surface area (Å²) in [5, 5.41) is 12.3. The van der Waals surface area contributed by atoms with Gasteiger partial charge in [-0.3, -0.25) is 0 Å².